The number of rotatable bonds is 3. The van der Waals surface area contributed by atoms with Crippen LogP contribution in [0.5, 0.6) is 11.6 Å². The summed E-state index contributed by atoms with van der Waals surface area (Å²) in [6.45, 7) is 0. The molecule has 4 nitrogen and oxygen atoms in total. The van der Waals surface area contributed by atoms with Gasteiger partial charge in [0.2, 0.25) is 5.88 Å². The molecule has 0 saturated heterocycles. The molecule has 3 aromatic rings. The smallest absolute Gasteiger partial charge is 0.230 e. The van der Waals surface area contributed by atoms with Gasteiger partial charge in [0.05, 0.1) is 16.6 Å². The van der Waals surface area contributed by atoms with Gasteiger partial charge in [0, 0.05) is 5.39 Å². The summed E-state index contributed by atoms with van der Waals surface area (Å²) >= 11 is 0. The Morgan fingerprint density at radius 3 is 2.67 bits per heavy atom. The van der Waals surface area contributed by atoms with Crippen LogP contribution in [0.25, 0.3) is 10.9 Å². The minimum Gasteiger partial charge on any atom is -0.437 e. The fourth-order valence-electron chi connectivity index (χ4n) is 2.03. The predicted octanol–water partition coefficient (Wildman–Crippen LogP) is 3.71. The van der Waals surface area contributed by atoms with Gasteiger partial charge < -0.3 is 4.74 Å². The molecule has 21 heavy (non-hydrogen) atoms. The summed E-state index contributed by atoms with van der Waals surface area (Å²) < 4.78 is 5.67. The molecular formula is C17H10N2O2. The van der Waals surface area contributed by atoms with E-state index in [1.54, 1.807) is 30.3 Å². The van der Waals surface area contributed by atoms with E-state index in [2.05, 4.69) is 4.98 Å². The van der Waals surface area contributed by atoms with Crippen LogP contribution in [0.2, 0.25) is 0 Å². The molecule has 0 radical (unpaired) electrons. The Balaban J connectivity index is 2.11. The van der Waals surface area contributed by atoms with E-state index in [0.29, 0.717) is 23.2 Å². The lowest BCUT2D eigenvalue weighted by Crippen LogP contribution is -1.96. The van der Waals surface area contributed by atoms with Crippen molar-refractivity contribution < 1.29 is 9.53 Å². The zero-order valence-corrected chi connectivity index (χ0v) is 11.0. The normalized spacial score (nSPS) is 10.0. The number of para-hydroxylation sites is 2. The van der Waals surface area contributed by atoms with Crippen molar-refractivity contribution in [2.45, 2.75) is 0 Å². The fraction of sp³-hybridized carbons (Fsp3) is 0. The number of aldehydes is 1. The first kappa shape index (κ1) is 12.8. The van der Waals surface area contributed by atoms with Gasteiger partial charge in [-0.1, -0.05) is 30.3 Å². The molecule has 0 atom stereocenters. The molecule has 2 aromatic carbocycles. The Bertz CT molecular complexity index is 866. The second-order valence-electron chi connectivity index (χ2n) is 4.40. The van der Waals surface area contributed by atoms with Crippen molar-refractivity contribution in [1.29, 1.82) is 5.26 Å². The van der Waals surface area contributed by atoms with Crippen LogP contribution >= 0.6 is 0 Å². The van der Waals surface area contributed by atoms with Crippen molar-refractivity contribution in [3.63, 3.8) is 0 Å². The van der Waals surface area contributed by atoms with Crippen LogP contribution < -0.4 is 4.74 Å². The maximum absolute atomic E-state index is 11.2. The van der Waals surface area contributed by atoms with Crippen molar-refractivity contribution in [2.24, 2.45) is 0 Å². The maximum atomic E-state index is 11.2. The van der Waals surface area contributed by atoms with Crippen molar-refractivity contribution >= 4 is 17.2 Å². The monoisotopic (exact) mass is 274 g/mol. The fourth-order valence-corrected chi connectivity index (χ4v) is 2.03. The molecular weight excluding hydrogens is 264 g/mol. The summed E-state index contributed by atoms with van der Waals surface area (Å²) in [4.78, 5) is 15.6. The second kappa shape index (κ2) is 5.43. The first-order valence-electron chi connectivity index (χ1n) is 6.34. The summed E-state index contributed by atoms with van der Waals surface area (Å²) in [5.74, 6) is 0.581. The zero-order valence-electron chi connectivity index (χ0n) is 11.0. The van der Waals surface area contributed by atoms with Gasteiger partial charge in [0.15, 0.2) is 6.29 Å². The molecule has 0 unspecified atom stereocenters. The van der Waals surface area contributed by atoms with Gasteiger partial charge in [-0.3, -0.25) is 4.79 Å². The van der Waals surface area contributed by atoms with Gasteiger partial charge in [-0.05, 0) is 24.3 Å². The lowest BCUT2D eigenvalue weighted by atomic mass is 10.1. The molecule has 0 aliphatic carbocycles. The number of hydrogen-bond donors (Lipinski definition) is 0. The highest BCUT2D eigenvalue weighted by molar-refractivity contribution is 5.88. The van der Waals surface area contributed by atoms with Crippen molar-refractivity contribution in [3.8, 4) is 17.7 Å². The molecule has 4 heteroatoms. The number of pyridine rings is 1. The third kappa shape index (κ3) is 2.45. The number of carbonyl (C=O) groups excluding carboxylic acids is 1. The zero-order chi connectivity index (χ0) is 14.7. The number of carbonyl (C=O) groups is 1. The molecule has 0 aliphatic rings. The highest BCUT2D eigenvalue weighted by atomic mass is 16.5. The van der Waals surface area contributed by atoms with Crippen molar-refractivity contribution in [1.82, 2.24) is 4.98 Å². The molecule has 100 valence electrons. The molecule has 0 bridgehead atoms. The Morgan fingerprint density at radius 2 is 1.86 bits per heavy atom. The van der Waals surface area contributed by atoms with Crippen molar-refractivity contribution in [2.75, 3.05) is 0 Å². The van der Waals surface area contributed by atoms with E-state index < -0.39 is 0 Å². The largest absolute Gasteiger partial charge is 0.437 e. The number of aromatic nitrogens is 1. The van der Waals surface area contributed by atoms with E-state index in [9.17, 15) is 4.79 Å². The van der Waals surface area contributed by atoms with E-state index in [4.69, 9.17) is 10.00 Å². The standard InChI is InChI=1S/C17H10N2O2/c18-10-13-6-2-4-8-16(13)21-17-14(11-20)9-12-5-1-3-7-15(12)19-17/h1-9,11H. The van der Waals surface area contributed by atoms with Gasteiger partial charge in [0.25, 0.3) is 0 Å². The van der Waals surface area contributed by atoms with Crippen molar-refractivity contribution in [3.05, 3.63) is 65.7 Å². The van der Waals surface area contributed by atoms with Crippen LogP contribution in [-0.2, 0) is 0 Å². The van der Waals surface area contributed by atoms with Gasteiger partial charge >= 0.3 is 0 Å². The number of nitrogens with zero attached hydrogens (tertiary/aromatic N) is 2. The molecule has 0 saturated carbocycles. The molecule has 1 aromatic heterocycles. The van der Waals surface area contributed by atoms with E-state index >= 15 is 0 Å². The van der Waals surface area contributed by atoms with E-state index in [1.165, 1.54) is 0 Å². The van der Waals surface area contributed by atoms with Gasteiger partial charge in [0.1, 0.15) is 11.8 Å². The molecule has 0 aliphatic heterocycles. The quantitative estimate of drug-likeness (QED) is 0.683. The minimum atomic E-state index is 0.200. The van der Waals surface area contributed by atoms with E-state index in [-0.39, 0.29) is 5.88 Å². The molecule has 0 N–H and O–H groups in total. The summed E-state index contributed by atoms with van der Waals surface area (Å²) in [6.07, 6.45) is 0.698. The van der Waals surface area contributed by atoms with Crippen LogP contribution in [0.3, 0.4) is 0 Å². The van der Waals surface area contributed by atoms with Crippen LogP contribution in [0, 0.1) is 11.3 Å². The summed E-state index contributed by atoms with van der Waals surface area (Å²) in [5.41, 5.74) is 1.47. The average Bonchev–Trinajstić information content (AvgIpc) is 2.54. The topological polar surface area (TPSA) is 63.0 Å². The number of benzene rings is 2. The van der Waals surface area contributed by atoms with E-state index in [0.717, 1.165) is 10.9 Å². The number of nitriles is 1. The number of ether oxygens (including phenoxy) is 1. The number of fused-ring (bicyclic) bond motifs is 1. The van der Waals surface area contributed by atoms with E-state index in [1.807, 2.05) is 30.3 Å². The summed E-state index contributed by atoms with van der Waals surface area (Å²) in [6, 6.07) is 18.1. The molecule has 0 fully saturated rings. The van der Waals surface area contributed by atoms with Gasteiger partial charge in [-0.25, -0.2) is 4.98 Å². The van der Waals surface area contributed by atoms with Gasteiger partial charge in [-0.15, -0.1) is 0 Å². The van der Waals surface area contributed by atoms with Crippen LogP contribution in [0.15, 0.2) is 54.6 Å². The Hall–Kier alpha value is -3.19. The molecule has 0 spiro atoms. The molecule has 1 heterocycles. The first-order chi connectivity index (χ1) is 10.3. The Kier molecular flexibility index (Phi) is 3.32. The molecule has 0 amide bonds. The average molecular weight is 274 g/mol. The Labute approximate surface area is 121 Å². The lowest BCUT2D eigenvalue weighted by Gasteiger charge is -2.09. The highest BCUT2D eigenvalue weighted by Crippen LogP contribution is 2.27. The maximum Gasteiger partial charge on any atom is 0.230 e. The highest BCUT2D eigenvalue weighted by Gasteiger charge is 2.11. The SMILES string of the molecule is N#Cc1ccccc1Oc1nc2ccccc2cc1C=O. The minimum absolute atomic E-state index is 0.200. The summed E-state index contributed by atoms with van der Waals surface area (Å²) in [5, 5.41) is 9.94. The first-order valence-corrected chi connectivity index (χ1v) is 6.34. The second-order valence-corrected chi connectivity index (χ2v) is 4.40. The predicted molar refractivity (Wildman–Crippen MR) is 78.4 cm³/mol. The van der Waals surface area contributed by atoms with Crippen LogP contribution in [0.1, 0.15) is 15.9 Å². The summed E-state index contributed by atoms with van der Waals surface area (Å²) in [7, 11) is 0. The third-order valence-electron chi connectivity index (χ3n) is 3.06. The third-order valence-corrected chi connectivity index (χ3v) is 3.06. The number of hydrogen-bond acceptors (Lipinski definition) is 4. The molecule has 3 rings (SSSR count). The van der Waals surface area contributed by atoms with Crippen LogP contribution in [-0.4, -0.2) is 11.3 Å². The van der Waals surface area contributed by atoms with Gasteiger partial charge in [-0.2, -0.15) is 5.26 Å². The Morgan fingerprint density at radius 1 is 1.10 bits per heavy atom. The van der Waals surface area contributed by atoms with Crippen LogP contribution in [0.4, 0.5) is 0 Å². The lowest BCUT2D eigenvalue weighted by molar-refractivity contribution is 0.112.